The number of carbonyl (C=O) groups excluding carboxylic acids is 1. The number of fused-ring (bicyclic) bond motifs is 1. The predicted molar refractivity (Wildman–Crippen MR) is 117 cm³/mol. The topological polar surface area (TPSA) is 88.1 Å². The summed E-state index contributed by atoms with van der Waals surface area (Å²) in [6.07, 6.45) is 0.135. The van der Waals surface area contributed by atoms with Crippen molar-refractivity contribution < 1.29 is 28.5 Å². The van der Waals surface area contributed by atoms with E-state index >= 15 is 0 Å². The molecule has 1 N–H and O–H groups in total. The molecule has 3 aromatic rings. The fourth-order valence-electron chi connectivity index (χ4n) is 3.25. The average Bonchev–Trinajstić information content (AvgIpc) is 3.26. The largest absolute Gasteiger partial charge is 0.493 e. The van der Waals surface area contributed by atoms with Gasteiger partial charge in [0.05, 0.1) is 33.4 Å². The first-order chi connectivity index (χ1) is 15.1. The molecule has 0 spiro atoms. The van der Waals surface area contributed by atoms with Gasteiger partial charge >= 0.3 is 0 Å². The lowest BCUT2D eigenvalue weighted by atomic mass is 10.1. The second-order valence-corrected chi connectivity index (χ2v) is 7.51. The van der Waals surface area contributed by atoms with Crippen LogP contribution in [-0.4, -0.2) is 45.4 Å². The molecule has 2 aromatic carbocycles. The van der Waals surface area contributed by atoms with E-state index in [2.05, 4.69) is 10.3 Å². The van der Waals surface area contributed by atoms with Crippen molar-refractivity contribution in [2.24, 2.45) is 0 Å². The summed E-state index contributed by atoms with van der Waals surface area (Å²) in [6.45, 7) is 1.07. The van der Waals surface area contributed by atoms with Crippen molar-refractivity contribution >= 4 is 22.4 Å². The van der Waals surface area contributed by atoms with Crippen LogP contribution >= 0.6 is 11.3 Å². The van der Waals surface area contributed by atoms with Crippen LogP contribution in [0.25, 0.3) is 11.3 Å². The molecule has 4 rings (SSSR count). The summed E-state index contributed by atoms with van der Waals surface area (Å²) in [5.41, 5.74) is 2.38. The van der Waals surface area contributed by atoms with Crippen LogP contribution in [0, 0.1) is 0 Å². The minimum absolute atomic E-state index is 0.135. The van der Waals surface area contributed by atoms with Gasteiger partial charge in [0.25, 0.3) is 0 Å². The molecule has 1 amide bonds. The lowest BCUT2D eigenvalue weighted by molar-refractivity contribution is -0.115. The summed E-state index contributed by atoms with van der Waals surface area (Å²) in [6, 6.07) is 9.19. The van der Waals surface area contributed by atoms with Gasteiger partial charge in [-0.3, -0.25) is 4.79 Å². The van der Waals surface area contributed by atoms with Crippen LogP contribution in [0.1, 0.15) is 5.56 Å². The fraction of sp³-hybridized carbons (Fsp3) is 0.273. The first-order valence-corrected chi connectivity index (χ1v) is 10.4. The highest BCUT2D eigenvalue weighted by atomic mass is 32.1. The van der Waals surface area contributed by atoms with Gasteiger partial charge in [-0.1, -0.05) is 0 Å². The van der Waals surface area contributed by atoms with E-state index in [0.717, 1.165) is 22.6 Å². The van der Waals surface area contributed by atoms with Crippen molar-refractivity contribution in [1.29, 1.82) is 0 Å². The van der Waals surface area contributed by atoms with Crippen molar-refractivity contribution in [3.63, 3.8) is 0 Å². The van der Waals surface area contributed by atoms with E-state index in [9.17, 15) is 4.79 Å². The standard InChI is InChI=1S/C22H22N2O6S/c1-26-18-8-13(9-19(27-2)21(18)28-3)10-20(25)24-22-23-15(12-31-22)14-4-5-16-17(11-14)30-7-6-29-16/h4-5,8-9,11-12H,6-7,10H2,1-3H3,(H,23,24,25). The lowest BCUT2D eigenvalue weighted by Gasteiger charge is -2.18. The van der Waals surface area contributed by atoms with Crippen LogP contribution in [0.15, 0.2) is 35.7 Å². The summed E-state index contributed by atoms with van der Waals surface area (Å²) in [7, 11) is 4.61. The van der Waals surface area contributed by atoms with E-state index in [1.807, 2.05) is 23.6 Å². The molecule has 0 fully saturated rings. The molecule has 9 heteroatoms. The van der Waals surface area contributed by atoms with Crippen molar-refractivity contribution in [1.82, 2.24) is 4.98 Å². The molecular weight excluding hydrogens is 420 g/mol. The molecule has 162 valence electrons. The molecule has 0 aliphatic carbocycles. The summed E-state index contributed by atoms with van der Waals surface area (Å²) in [4.78, 5) is 17.1. The zero-order valence-electron chi connectivity index (χ0n) is 17.4. The van der Waals surface area contributed by atoms with Crippen LogP contribution in [0.3, 0.4) is 0 Å². The molecule has 0 unspecified atom stereocenters. The Kier molecular flexibility index (Phi) is 6.13. The zero-order chi connectivity index (χ0) is 21.8. The number of aromatic nitrogens is 1. The van der Waals surface area contributed by atoms with Crippen LogP contribution in [0.2, 0.25) is 0 Å². The number of hydrogen-bond donors (Lipinski definition) is 1. The van der Waals surface area contributed by atoms with Crippen LogP contribution < -0.4 is 29.0 Å². The number of amides is 1. The number of carbonyl (C=O) groups is 1. The Morgan fingerprint density at radius 2 is 1.74 bits per heavy atom. The summed E-state index contributed by atoms with van der Waals surface area (Å²) >= 11 is 1.36. The number of rotatable bonds is 7. The van der Waals surface area contributed by atoms with E-state index in [1.54, 1.807) is 12.1 Å². The Hall–Kier alpha value is -3.46. The number of ether oxygens (including phenoxy) is 5. The van der Waals surface area contributed by atoms with Gasteiger partial charge in [-0.25, -0.2) is 4.98 Å². The average molecular weight is 442 g/mol. The molecule has 1 aromatic heterocycles. The molecule has 1 aliphatic heterocycles. The first kappa shape index (κ1) is 20.8. The molecule has 1 aliphatic rings. The highest BCUT2D eigenvalue weighted by Gasteiger charge is 2.17. The highest BCUT2D eigenvalue weighted by Crippen LogP contribution is 2.38. The lowest BCUT2D eigenvalue weighted by Crippen LogP contribution is -2.15. The Morgan fingerprint density at radius 3 is 2.42 bits per heavy atom. The molecule has 2 heterocycles. The third-order valence-electron chi connectivity index (χ3n) is 4.68. The number of nitrogens with zero attached hydrogens (tertiary/aromatic N) is 1. The molecule has 31 heavy (non-hydrogen) atoms. The van der Waals surface area contributed by atoms with E-state index in [-0.39, 0.29) is 12.3 Å². The molecule has 0 atom stereocenters. The quantitative estimate of drug-likeness (QED) is 0.596. The van der Waals surface area contributed by atoms with Gasteiger partial charge < -0.3 is 29.0 Å². The number of benzene rings is 2. The Morgan fingerprint density at radius 1 is 1.03 bits per heavy atom. The normalized spacial score (nSPS) is 12.2. The van der Waals surface area contributed by atoms with Gasteiger partial charge in [-0.2, -0.15) is 0 Å². The Labute approximate surface area is 183 Å². The second kappa shape index (κ2) is 9.13. The zero-order valence-corrected chi connectivity index (χ0v) is 18.2. The summed E-state index contributed by atoms with van der Waals surface area (Å²) in [5.74, 6) is 2.71. The summed E-state index contributed by atoms with van der Waals surface area (Å²) < 4.78 is 27.2. The monoisotopic (exact) mass is 442 g/mol. The van der Waals surface area contributed by atoms with E-state index in [0.29, 0.717) is 41.3 Å². The molecular formula is C22H22N2O6S. The highest BCUT2D eigenvalue weighted by molar-refractivity contribution is 7.14. The predicted octanol–water partition coefficient (Wildman–Crippen LogP) is 3.79. The third kappa shape index (κ3) is 4.51. The number of thiazole rings is 1. The molecule has 0 saturated heterocycles. The number of anilines is 1. The number of methoxy groups -OCH3 is 3. The van der Waals surface area contributed by atoms with Gasteiger partial charge in [0.2, 0.25) is 11.7 Å². The van der Waals surface area contributed by atoms with Gasteiger partial charge in [0.15, 0.2) is 28.1 Å². The van der Waals surface area contributed by atoms with Crippen molar-refractivity contribution in [3.05, 3.63) is 41.3 Å². The van der Waals surface area contributed by atoms with Crippen LogP contribution in [-0.2, 0) is 11.2 Å². The minimum Gasteiger partial charge on any atom is -0.493 e. The smallest absolute Gasteiger partial charge is 0.230 e. The molecule has 0 radical (unpaired) electrons. The fourth-order valence-corrected chi connectivity index (χ4v) is 3.99. The Balaban J connectivity index is 1.46. The van der Waals surface area contributed by atoms with Crippen LogP contribution in [0.4, 0.5) is 5.13 Å². The van der Waals surface area contributed by atoms with Crippen molar-refractivity contribution in [3.8, 4) is 40.0 Å². The number of hydrogen-bond acceptors (Lipinski definition) is 8. The van der Waals surface area contributed by atoms with E-state index < -0.39 is 0 Å². The van der Waals surface area contributed by atoms with Gasteiger partial charge in [-0.05, 0) is 35.9 Å². The Bertz CT molecular complexity index is 1070. The van der Waals surface area contributed by atoms with E-state index in [4.69, 9.17) is 23.7 Å². The maximum atomic E-state index is 12.6. The molecule has 0 bridgehead atoms. The van der Waals surface area contributed by atoms with Gasteiger partial charge in [0, 0.05) is 10.9 Å². The van der Waals surface area contributed by atoms with Gasteiger partial charge in [0.1, 0.15) is 13.2 Å². The maximum Gasteiger partial charge on any atom is 0.230 e. The number of nitrogens with one attached hydrogen (secondary N) is 1. The summed E-state index contributed by atoms with van der Waals surface area (Å²) in [5, 5.41) is 5.25. The second-order valence-electron chi connectivity index (χ2n) is 6.65. The molecule has 8 nitrogen and oxygen atoms in total. The van der Waals surface area contributed by atoms with Crippen LogP contribution in [0.5, 0.6) is 28.7 Å². The minimum atomic E-state index is -0.197. The SMILES string of the molecule is COc1cc(CC(=O)Nc2nc(-c3ccc4c(c3)OCCO4)cs2)cc(OC)c1OC. The van der Waals surface area contributed by atoms with E-state index in [1.165, 1.54) is 32.7 Å². The van der Waals surface area contributed by atoms with Gasteiger partial charge in [-0.15, -0.1) is 11.3 Å². The molecule has 0 saturated carbocycles. The van der Waals surface area contributed by atoms with Crippen molar-refractivity contribution in [2.75, 3.05) is 39.9 Å². The first-order valence-electron chi connectivity index (χ1n) is 9.55. The maximum absolute atomic E-state index is 12.6. The van der Waals surface area contributed by atoms with Crippen molar-refractivity contribution in [2.45, 2.75) is 6.42 Å². The third-order valence-corrected chi connectivity index (χ3v) is 5.44.